The second kappa shape index (κ2) is 7.78. The third-order valence-electron chi connectivity index (χ3n) is 4.05. The Morgan fingerprint density at radius 2 is 2.00 bits per heavy atom. The summed E-state index contributed by atoms with van der Waals surface area (Å²) in [6.07, 6.45) is 1.98. The molecule has 1 aliphatic rings. The zero-order chi connectivity index (χ0) is 17.6. The van der Waals surface area contributed by atoms with Gasteiger partial charge in [0, 0.05) is 11.1 Å². The monoisotopic (exact) mass is 340 g/mol. The second-order valence-corrected chi connectivity index (χ2v) is 5.66. The number of hydrazine groups is 1. The lowest BCUT2D eigenvalue weighted by atomic mass is 10.0. The fourth-order valence-electron chi connectivity index (χ4n) is 2.73. The van der Waals surface area contributed by atoms with Crippen LogP contribution in [0.2, 0.25) is 0 Å². The summed E-state index contributed by atoms with van der Waals surface area (Å²) >= 11 is 0. The highest BCUT2D eigenvalue weighted by Crippen LogP contribution is 2.29. The number of carbonyl (C=O) groups is 1. The molecule has 0 spiro atoms. The van der Waals surface area contributed by atoms with Crippen LogP contribution < -0.4 is 21.0 Å². The number of rotatable bonds is 5. The third kappa shape index (κ3) is 3.96. The van der Waals surface area contributed by atoms with E-state index in [1.807, 2.05) is 24.3 Å². The molecule has 0 radical (unpaired) electrons. The fourth-order valence-corrected chi connectivity index (χ4v) is 2.73. The van der Waals surface area contributed by atoms with Gasteiger partial charge in [0.2, 0.25) is 0 Å². The number of benzene rings is 2. The van der Waals surface area contributed by atoms with Crippen molar-refractivity contribution < 1.29 is 14.6 Å². The highest BCUT2D eigenvalue weighted by molar-refractivity contribution is 5.86. The predicted molar refractivity (Wildman–Crippen MR) is 94.3 cm³/mol. The molecule has 1 heterocycles. The largest absolute Gasteiger partial charge is 0.507 e. The molecule has 2 aromatic rings. The second-order valence-electron chi connectivity index (χ2n) is 5.66. The molecule has 1 saturated heterocycles. The summed E-state index contributed by atoms with van der Waals surface area (Å²) in [7, 11) is 1.62. The molecule has 25 heavy (non-hydrogen) atoms. The maximum Gasteiger partial charge on any atom is 0.258 e. The maximum atomic E-state index is 12.2. The summed E-state index contributed by atoms with van der Waals surface area (Å²) in [4.78, 5) is 12.2. The van der Waals surface area contributed by atoms with Gasteiger partial charge in [-0.25, -0.2) is 16.3 Å². The van der Waals surface area contributed by atoms with E-state index in [1.165, 1.54) is 6.21 Å². The lowest BCUT2D eigenvalue weighted by Gasteiger charge is -2.13. The van der Waals surface area contributed by atoms with Crippen molar-refractivity contribution in [1.29, 1.82) is 0 Å². The van der Waals surface area contributed by atoms with Gasteiger partial charge >= 0.3 is 0 Å². The van der Waals surface area contributed by atoms with Crippen molar-refractivity contribution in [3.63, 3.8) is 0 Å². The van der Waals surface area contributed by atoms with E-state index < -0.39 is 6.04 Å². The van der Waals surface area contributed by atoms with E-state index >= 15 is 0 Å². The SMILES string of the molecule is COc1ccccc1C1CC(C(=O)N/N=C/c2ccccc2O)NN1. The van der Waals surface area contributed by atoms with Crippen LogP contribution in [-0.2, 0) is 4.79 Å². The van der Waals surface area contributed by atoms with E-state index in [0.29, 0.717) is 12.0 Å². The molecule has 7 heteroatoms. The number of hydrogen-bond acceptors (Lipinski definition) is 6. The first-order chi connectivity index (χ1) is 12.2. The molecule has 0 bridgehead atoms. The Kier molecular flexibility index (Phi) is 5.27. The molecule has 0 saturated carbocycles. The summed E-state index contributed by atoms with van der Waals surface area (Å²) in [5.74, 6) is 0.634. The zero-order valence-corrected chi connectivity index (χ0v) is 13.8. The number of phenolic OH excluding ortho intramolecular Hbond substituents is 1. The van der Waals surface area contributed by atoms with Gasteiger partial charge in [-0.1, -0.05) is 30.3 Å². The van der Waals surface area contributed by atoms with E-state index in [1.54, 1.807) is 31.4 Å². The molecular formula is C18H20N4O3. The van der Waals surface area contributed by atoms with Gasteiger partial charge in [0.25, 0.3) is 5.91 Å². The van der Waals surface area contributed by atoms with Gasteiger partial charge in [-0.15, -0.1) is 0 Å². The van der Waals surface area contributed by atoms with Crippen molar-refractivity contribution in [3.05, 3.63) is 59.7 Å². The van der Waals surface area contributed by atoms with Gasteiger partial charge < -0.3 is 9.84 Å². The number of hydrogen-bond donors (Lipinski definition) is 4. The van der Waals surface area contributed by atoms with Crippen LogP contribution in [0.25, 0.3) is 0 Å². The Morgan fingerprint density at radius 3 is 2.80 bits per heavy atom. The normalized spacial score (nSPS) is 19.9. The van der Waals surface area contributed by atoms with Gasteiger partial charge in [0.1, 0.15) is 17.5 Å². The molecule has 2 unspecified atom stereocenters. The average molecular weight is 340 g/mol. The summed E-state index contributed by atoms with van der Waals surface area (Å²) < 4.78 is 5.36. The van der Waals surface area contributed by atoms with E-state index in [-0.39, 0.29) is 17.7 Å². The molecule has 2 aromatic carbocycles. The van der Waals surface area contributed by atoms with Crippen LogP contribution in [0.1, 0.15) is 23.6 Å². The molecule has 130 valence electrons. The molecule has 4 N–H and O–H groups in total. The van der Waals surface area contributed by atoms with Crippen LogP contribution in [0.4, 0.5) is 0 Å². The number of para-hydroxylation sites is 2. The molecule has 1 fully saturated rings. The average Bonchev–Trinajstić information content (AvgIpc) is 3.13. The quantitative estimate of drug-likeness (QED) is 0.488. The summed E-state index contributed by atoms with van der Waals surface area (Å²) in [6.45, 7) is 0. The van der Waals surface area contributed by atoms with Crippen molar-refractivity contribution in [2.24, 2.45) is 5.10 Å². The van der Waals surface area contributed by atoms with Crippen LogP contribution in [0.3, 0.4) is 0 Å². The van der Waals surface area contributed by atoms with Crippen molar-refractivity contribution >= 4 is 12.1 Å². The maximum absolute atomic E-state index is 12.2. The summed E-state index contributed by atoms with van der Waals surface area (Å²) in [6, 6.07) is 14.0. The first-order valence-electron chi connectivity index (χ1n) is 7.94. The van der Waals surface area contributed by atoms with E-state index in [0.717, 1.165) is 11.3 Å². The van der Waals surface area contributed by atoms with Crippen molar-refractivity contribution in [3.8, 4) is 11.5 Å². The molecule has 1 aliphatic heterocycles. The topological polar surface area (TPSA) is 95.0 Å². The number of phenols is 1. The Balaban J connectivity index is 1.58. The number of amides is 1. The number of hydrazone groups is 1. The zero-order valence-electron chi connectivity index (χ0n) is 13.8. The smallest absolute Gasteiger partial charge is 0.258 e. The Bertz CT molecular complexity index is 778. The van der Waals surface area contributed by atoms with Gasteiger partial charge in [0.15, 0.2) is 0 Å². The Labute approximate surface area is 145 Å². The summed E-state index contributed by atoms with van der Waals surface area (Å²) in [5, 5.41) is 13.6. The molecular weight excluding hydrogens is 320 g/mol. The van der Waals surface area contributed by atoms with E-state index in [4.69, 9.17) is 4.74 Å². The highest BCUT2D eigenvalue weighted by atomic mass is 16.5. The highest BCUT2D eigenvalue weighted by Gasteiger charge is 2.31. The number of carbonyl (C=O) groups excluding carboxylic acids is 1. The molecule has 7 nitrogen and oxygen atoms in total. The lowest BCUT2D eigenvalue weighted by molar-refractivity contribution is -0.122. The first-order valence-corrected chi connectivity index (χ1v) is 7.94. The van der Waals surface area contributed by atoms with Crippen LogP contribution in [0.5, 0.6) is 11.5 Å². The van der Waals surface area contributed by atoms with Crippen LogP contribution in [-0.4, -0.2) is 30.4 Å². The van der Waals surface area contributed by atoms with Crippen LogP contribution in [0, 0.1) is 0 Å². The minimum atomic E-state index is -0.420. The molecule has 0 aromatic heterocycles. The van der Waals surface area contributed by atoms with Crippen LogP contribution in [0.15, 0.2) is 53.6 Å². The number of nitrogens with one attached hydrogen (secondary N) is 3. The van der Waals surface area contributed by atoms with Gasteiger partial charge in [-0.2, -0.15) is 5.10 Å². The van der Waals surface area contributed by atoms with Gasteiger partial charge in [-0.3, -0.25) is 4.79 Å². The minimum Gasteiger partial charge on any atom is -0.507 e. The van der Waals surface area contributed by atoms with E-state index in [2.05, 4.69) is 21.4 Å². The van der Waals surface area contributed by atoms with Crippen molar-refractivity contribution in [2.45, 2.75) is 18.5 Å². The number of nitrogens with zero attached hydrogens (tertiary/aromatic N) is 1. The molecule has 2 atom stereocenters. The standard InChI is InChI=1S/C18H20N4O3/c1-25-17-9-5-3-7-13(17)14-10-15(21-20-14)18(24)22-19-11-12-6-2-4-8-16(12)23/h2-9,11,14-15,20-21,23H,10H2,1H3,(H,22,24)/b19-11+. The predicted octanol–water partition coefficient (Wildman–Crippen LogP) is 1.46. The van der Waals surface area contributed by atoms with Crippen molar-refractivity contribution in [2.75, 3.05) is 7.11 Å². The Hall–Kier alpha value is -2.90. The summed E-state index contributed by atoms with van der Waals surface area (Å²) in [5.41, 5.74) is 10.1. The number of methoxy groups -OCH3 is 1. The molecule has 1 amide bonds. The molecule has 3 rings (SSSR count). The number of ether oxygens (including phenoxy) is 1. The van der Waals surface area contributed by atoms with Gasteiger partial charge in [0.05, 0.1) is 19.4 Å². The van der Waals surface area contributed by atoms with Crippen LogP contribution >= 0.6 is 0 Å². The van der Waals surface area contributed by atoms with Crippen molar-refractivity contribution in [1.82, 2.24) is 16.3 Å². The third-order valence-corrected chi connectivity index (χ3v) is 4.05. The fraction of sp³-hybridized carbons (Fsp3) is 0.222. The molecule has 0 aliphatic carbocycles. The van der Waals surface area contributed by atoms with Gasteiger partial charge in [-0.05, 0) is 24.6 Å². The minimum absolute atomic E-state index is 0.0333. The van der Waals surface area contributed by atoms with E-state index in [9.17, 15) is 9.90 Å². The lowest BCUT2D eigenvalue weighted by Crippen LogP contribution is -2.41. The first kappa shape index (κ1) is 16.9. The Morgan fingerprint density at radius 1 is 1.24 bits per heavy atom. The number of aromatic hydroxyl groups is 1.